The minimum Gasteiger partial charge on any atom is -0.384 e. The number of nitrogens with one attached hydrogen (secondary N) is 1. The minimum absolute atomic E-state index is 0.161. The molecule has 1 aromatic carbocycles. The van der Waals surface area contributed by atoms with E-state index in [1.54, 1.807) is 44.6 Å². The van der Waals surface area contributed by atoms with Crippen molar-refractivity contribution in [1.29, 1.82) is 0 Å². The highest BCUT2D eigenvalue weighted by Gasteiger charge is 2.18. The number of amides is 1. The van der Waals surface area contributed by atoms with Gasteiger partial charge in [0.1, 0.15) is 11.8 Å². The molecule has 0 saturated carbocycles. The lowest BCUT2D eigenvalue weighted by Crippen LogP contribution is -2.21. The van der Waals surface area contributed by atoms with Gasteiger partial charge in [-0.1, -0.05) is 29.3 Å². The minimum atomic E-state index is -0.917. The first-order valence-corrected chi connectivity index (χ1v) is 6.68. The molecule has 2 N–H and O–H groups in total. The highest BCUT2D eigenvalue weighted by Crippen LogP contribution is 2.30. The number of benzene rings is 1. The average Bonchev–Trinajstić information content (AvgIpc) is 2.86. The maximum Gasteiger partial charge on any atom is 0.269 e. The maximum atomic E-state index is 11.8. The Kier molecular flexibility index (Phi) is 4.38. The predicted molar refractivity (Wildman–Crippen MR) is 79.3 cm³/mol. The molecule has 20 heavy (non-hydrogen) atoms. The molecule has 4 nitrogen and oxygen atoms in total. The van der Waals surface area contributed by atoms with Crippen molar-refractivity contribution < 1.29 is 9.90 Å². The summed E-state index contributed by atoms with van der Waals surface area (Å²) in [5, 5.41) is 11.2. The summed E-state index contributed by atoms with van der Waals surface area (Å²) in [5.41, 5.74) is 1.52. The molecule has 0 aliphatic rings. The summed E-state index contributed by atoms with van der Waals surface area (Å²) in [6.07, 6.45) is 0.673. The Balaban J connectivity index is 2.30. The van der Waals surface area contributed by atoms with Crippen LogP contribution in [0.5, 0.6) is 0 Å². The summed E-state index contributed by atoms with van der Waals surface area (Å²) in [5.74, 6) is -0.161. The van der Waals surface area contributed by atoms with Crippen LogP contribution < -0.4 is 0 Å². The molecule has 1 atom stereocenters. The molecular formula is C14H14Cl2N2O2. The molecule has 0 spiro atoms. The van der Waals surface area contributed by atoms with Gasteiger partial charge in [0.2, 0.25) is 0 Å². The topological polar surface area (TPSA) is 56.3 Å². The van der Waals surface area contributed by atoms with Crippen LogP contribution in [-0.4, -0.2) is 35.0 Å². The van der Waals surface area contributed by atoms with Crippen LogP contribution in [0.3, 0.4) is 0 Å². The molecule has 2 rings (SSSR count). The van der Waals surface area contributed by atoms with E-state index in [2.05, 4.69) is 4.98 Å². The van der Waals surface area contributed by atoms with E-state index in [4.69, 9.17) is 23.2 Å². The number of carbonyl (C=O) groups excluding carboxylic acids is 1. The second-order valence-corrected chi connectivity index (χ2v) is 5.46. The maximum absolute atomic E-state index is 11.8. The van der Waals surface area contributed by atoms with Crippen molar-refractivity contribution in [3.05, 3.63) is 57.3 Å². The van der Waals surface area contributed by atoms with Crippen LogP contribution in [0, 0.1) is 0 Å². The van der Waals surface area contributed by atoms with Crippen LogP contribution in [0.4, 0.5) is 0 Å². The van der Waals surface area contributed by atoms with Gasteiger partial charge in [-0.25, -0.2) is 0 Å². The molecule has 106 valence electrons. The van der Waals surface area contributed by atoms with Gasteiger partial charge < -0.3 is 15.0 Å². The number of halogens is 2. The van der Waals surface area contributed by atoms with Crippen molar-refractivity contribution in [3.63, 3.8) is 0 Å². The molecule has 1 aromatic heterocycles. The number of hydrogen-bond acceptors (Lipinski definition) is 2. The van der Waals surface area contributed by atoms with Crippen LogP contribution in [0.2, 0.25) is 10.0 Å². The summed E-state index contributed by atoms with van der Waals surface area (Å²) in [6.45, 7) is 0. The number of hydrogen-bond donors (Lipinski definition) is 2. The first-order valence-electron chi connectivity index (χ1n) is 5.93. The van der Waals surface area contributed by atoms with E-state index in [0.29, 0.717) is 26.9 Å². The van der Waals surface area contributed by atoms with E-state index in [0.717, 1.165) is 0 Å². The molecule has 0 saturated heterocycles. The van der Waals surface area contributed by atoms with Crippen molar-refractivity contribution in [2.75, 3.05) is 14.1 Å². The summed E-state index contributed by atoms with van der Waals surface area (Å²) in [6, 6.07) is 6.50. The van der Waals surface area contributed by atoms with Gasteiger partial charge in [-0.2, -0.15) is 0 Å². The molecule has 1 heterocycles. The van der Waals surface area contributed by atoms with Gasteiger partial charge in [0, 0.05) is 41.5 Å². The van der Waals surface area contributed by atoms with Crippen molar-refractivity contribution >= 4 is 29.1 Å². The lowest BCUT2D eigenvalue weighted by Gasteiger charge is -2.11. The van der Waals surface area contributed by atoms with Gasteiger partial charge in [0.15, 0.2) is 0 Å². The smallest absolute Gasteiger partial charge is 0.269 e. The number of nitrogens with zero attached hydrogens (tertiary/aromatic N) is 1. The Bertz CT molecular complexity index is 638. The molecule has 6 heteroatoms. The highest BCUT2D eigenvalue weighted by molar-refractivity contribution is 6.35. The number of aliphatic hydroxyl groups is 1. The van der Waals surface area contributed by atoms with Crippen LogP contribution in [0.1, 0.15) is 27.7 Å². The van der Waals surface area contributed by atoms with Crippen molar-refractivity contribution in [3.8, 4) is 0 Å². The fourth-order valence-corrected chi connectivity index (χ4v) is 2.35. The van der Waals surface area contributed by atoms with Crippen molar-refractivity contribution in [1.82, 2.24) is 9.88 Å². The third kappa shape index (κ3) is 2.98. The molecule has 0 radical (unpaired) electrons. The van der Waals surface area contributed by atoms with Crippen molar-refractivity contribution in [2.45, 2.75) is 6.10 Å². The monoisotopic (exact) mass is 312 g/mol. The fraction of sp³-hybridized carbons (Fsp3) is 0.214. The fourth-order valence-electron chi connectivity index (χ4n) is 1.84. The lowest BCUT2D eigenvalue weighted by atomic mass is 10.0. The quantitative estimate of drug-likeness (QED) is 0.915. The summed E-state index contributed by atoms with van der Waals surface area (Å²) in [4.78, 5) is 16.1. The van der Waals surface area contributed by atoms with E-state index in [9.17, 15) is 9.90 Å². The number of H-pyrrole nitrogens is 1. The van der Waals surface area contributed by atoms with E-state index in [1.165, 1.54) is 4.90 Å². The van der Waals surface area contributed by atoms with E-state index in [-0.39, 0.29) is 5.91 Å². The van der Waals surface area contributed by atoms with E-state index in [1.807, 2.05) is 0 Å². The zero-order valence-electron chi connectivity index (χ0n) is 11.0. The largest absolute Gasteiger partial charge is 0.384 e. The zero-order valence-corrected chi connectivity index (χ0v) is 12.5. The second kappa shape index (κ2) is 5.87. The van der Waals surface area contributed by atoms with E-state index >= 15 is 0 Å². The SMILES string of the molecule is CN(C)C(=O)c1cc(C(O)c2ccc(Cl)cc2Cl)c[nH]1. The zero-order chi connectivity index (χ0) is 14.9. The number of aromatic amines is 1. The molecule has 1 unspecified atom stereocenters. The predicted octanol–water partition coefficient (Wildman–Crippen LogP) is 3.11. The molecule has 0 aliphatic heterocycles. The van der Waals surface area contributed by atoms with Crippen LogP contribution in [0.15, 0.2) is 30.5 Å². The van der Waals surface area contributed by atoms with Gasteiger partial charge in [-0.3, -0.25) is 4.79 Å². The Hall–Kier alpha value is -1.49. The summed E-state index contributed by atoms with van der Waals surface area (Å²) >= 11 is 11.9. The molecule has 2 aromatic rings. The lowest BCUT2D eigenvalue weighted by molar-refractivity contribution is 0.0822. The normalized spacial score (nSPS) is 12.2. The first-order chi connectivity index (χ1) is 9.40. The molecule has 0 fully saturated rings. The Morgan fingerprint density at radius 1 is 1.30 bits per heavy atom. The third-order valence-corrected chi connectivity index (χ3v) is 3.48. The van der Waals surface area contributed by atoms with Gasteiger partial charge in [-0.15, -0.1) is 0 Å². The Labute approximate surface area is 126 Å². The second-order valence-electron chi connectivity index (χ2n) is 4.61. The van der Waals surface area contributed by atoms with Gasteiger partial charge in [0.25, 0.3) is 5.91 Å². The van der Waals surface area contributed by atoms with E-state index < -0.39 is 6.10 Å². The highest BCUT2D eigenvalue weighted by atomic mass is 35.5. The Morgan fingerprint density at radius 3 is 2.60 bits per heavy atom. The van der Waals surface area contributed by atoms with Gasteiger partial charge in [-0.05, 0) is 18.2 Å². The number of aliphatic hydroxyl groups excluding tert-OH is 1. The summed E-state index contributed by atoms with van der Waals surface area (Å²) in [7, 11) is 3.32. The molecule has 0 aliphatic carbocycles. The van der Waals surface area contributed by atoms with Crippen LogP contribution in [0.25, 0.3) is 0 Å². The standard InChI is InChI=1S/C14H14Cl2N2O2/c1-18(2)14(20)12-5-8(7-17-12)13(19)10-4-3-9(15)6-11(10)16/h3-7,13,17,19H,1-2H3. The number of rotatable bonds is 3. The average molecular weight is 313 g/mol. The molecule has 0 bridgehead atoms. The van der Waals surface area contributed by atoms with Gasteiger partial charge >= 0.3 is 0 Å². The van der Waals surface area contributed by atoms with Crippen LogP contribution in [-0.2, 0) is 0 Å². The third-order valence-electron chi connectivity index (χ3n) is 2.91. The first kappa shape index (κ1) is 14.9. The number of aromatic nitrogens is 1. The molecular weight excluding hydrogens is 299 g/mol. The van der Waals surface area contributed by atoms with Crippen LogP contribution >= 0.6 is 23.2 Å². The van der Waals surface area contributed by atoms with Gasteiger partial charge in [0.05, 0.1) is 0 Å². The number of carbonyl (C=O) groups is 1. The van der Waals surface area contributed by atoms with Crippen molar-refractivity contribution in [2.24, 2.45) is 0 Å². The Morgan fingerprint density at radius 2 is 2.00 bits per heavy atom. The molecule has 1 amide bonds. The summed E-state index contributed by atoms with van der Waals surface area (Å²) < 4.78 is 0.